The van der Waals surface area contributed by atoms with E-state index >= 15 is 0 Å². The van der Waals surface area contributed by atoms with Crippen LogP contribution in [-0.4, -0.2) is 20.2 Å². The van der Waals surface area contributed by atoms with Crippen LogP contribution in [0.15, 0.2) is 47.4 Å². The number of halogens is 3. The first-order valence-corrected chi connectivity index (χ1v) is 11.4. The van der Waals surface area contributed by atoms with Crippen LogP contribution < -0.4 is 5.56 Å². The second-order valence-electron chi connectivity index (χ2n) is 8.98. The molecule has 0 spiro atoms. The number of rotatable bonds is 5. The van der Waals surface area contributed by atoms with Gasteiger partial charge >= 0.3 is 5.97 Å². The molecule has 2 aromatic carbocycles. The Hall–Kier alpha value is -3.81. The van der Waals surface area contributed by atoms with Crippen molar-refractivity contribution < 1.29 is 23.1 Å². The van der Waals surface area contributed by atoms with Crippen LogP contribution in [0, 0.1) is 24.4 Å². The van der Waals surface area contributed by atoms with Crippen molar-refractivity contribution in [3.05, 3.63) is 92.8 Å². The highest BCUT2D eigenvalue weighted by Gasteiger charge is 2.25. The van der Waals surface area contributed by atoms with E-state index in [1.165, 1.54) is 22.8 Å². The predicted octanol–water partition coefficient (Wildman–Crippen LogP) is 5.21. The summed E-state index contributed by atoms with van der Waals surface area (Å²) in [5, 5.41) is 10.0. The molecule has 0 bridgehead atoms. The number of nitrogens with zero attached hydrogens (tertiary/aromatic N) is 2. The molecular formula is C27H23F3N2O3. The molecule has 0 unspecified atom stereocenters. The standard InChI is InChI=1S/C27H23F3N2O3/c1-15-26(21-10-17(28)8-9-24(21)32(15)14-25(33)34)22-13-31(12-16-6-7-18(29)11-23(16)30)27(35)20-5-3-2-4-19(20)22/h6-11,13H,2-5,12,14H2,1H3,(H,33,34). The fourth-order valence-corrected chi connectivity index (χ4v) is 5.20. The van der Waals surface area contributed by atoms with Crippen LogP contribution in [0.5, 0.6) is 0 Å². The molecule has 0 fully saturated rings. The molecule has 1 aliphatic carbocycles. The van der Waals surface area contributed by atoms with Crippen molar-refractivity contribution in [3.63, 3.8) is 0 Å². The fourth-order valence-electron chi connectivity index (χ4n) is 5.20. The van der Waals surface area contributed by atoms with Crippen LogP contribution in [-0.2, 0) is 30.7 Å². The van der Waals surface area contributed by atoms with Gasteiger partial charge in [0.1, 0.15) is 24.0 Å². The van der Waals surface area contributed by atoms with Gasteiger partial charge in [0.2, 0.25) is 0 Å². The number of carbonyl (C=O) groups is 1. The summed E-state index contributed by atoms with van der Waals surface area (Å²) in [7, 11) is 0. The second kappa shape index (κ2) is 8.76. The molecule has 0 radical (unpaired) electrons. The average Bonchev–Trinajstić information content (AvgIpc) is 3.07. The van der Waals surface area contributed by atoms with Gasteiger partial charge in [-0.25, -0.2) is 13.2 Å². The number of benzene rings is 2. The van der Waals surface area contributed by atoms with Gasteiger partial charge in [-0.1, -0.05) is 6.07 Å². The Morgan fingerprint density at radius 3 is 2.40 bits per heavy atom. The van der Waals surface area contributed by atoms with Crippen molar-refractivity contribution in [1.82, 2.24) is 9.13 Å². The maximum absolute atomic E-state index is 14.4. The van der Waals surface area contributed by atoms with Crippen LogP contribution in [0.2, 0.25) is 0 Å². The summed E-state index contributed by atoms with van der Waals surface area (Å²) in [6.07, 6.45) is 4.59. The molecular weight excluding hydrogens is 457 g/mol. The van der Waals surface area contributed by atoms with Gasteiger partial charge in [0.05, 0.1) is 6.54 Å². The largest absolute Gasteiger partial charge is 0.480 e. The Morgan fingerprint density at radius 2 is 1.69 bits per heavy atom. The maximum Gasteiger partial charge on any atom is 0.323 e. The minimum atomic E-state index is -1.03. The van der Waals surface area contributed by atoms with Crippen molar-refractivity contribution in [2.75, 3.05) is 0 Å². The summed E-state index contributed by atoms with van der Waals surface area (Å²) < 4.78 is 45.2. The second-order valence-corrected chi connectivity index (χ2v) is 8.98. The van der Waals surface area contributed by atoms with Gasteiger partial charge in [0.25, 0.3) is 5.56 Å². The van der Waals surface area contributed by atoms with E-state index in [4.69, 9.17) is 0 Å². The molecule has 0 aliphatic heterocycles. The lowest BCUT2D eigenvalue weighted by molar-refractivity contribution is -0.137. The number of hydrogen-bond acceptors (Lipinski definition) is 2. The zero-order valence-electron chi connectivity index (χ0n) is 19.1. The van der Waals surface area contributed by atoms with Crippen molar-refractivity contribution in [2.45, 2.75) is 45.7 Å². The number of fused-ring (bicyclic) bond motifs is 2. The number of carboxylic acids is 1. The summed E-state index contributed by atoms with van der Waals surface area (Å²) in [5.41, 5.74) is 4.01. The molecule has 1 N–H and O–H groups in total. The molecule has 8 heteroatoms. The third kappa shape index (κ3) is 4.03. The first kappa shape index (κ1) is 23.0. The van der Waals surface area contributed by atoms with Gasteiger partial charge < -0.3 is 14.2 Å². The molecule has 35 heavy (non-hydrogen) atoms. The van der Waals surface area contributed by atoms with Crippen molar-refractivity contribution >= 4 is 16.9 Å². The van der Waals surface area contributed by atoms with Gasteiger partial charge in [-0.05, 0) is 62.4 Å². The van der Waals surface area contributed by atoms with Gasteiger partial charge in [0, 0.05) is 51.1 Å². The summed E-state index contributed by atoms with van der Waals surface area (Å²) >= 11 is 0. The van der Waals surface area contributed by atoms with Crippen molar-refractivity contribution in [2.24, 2.45) is 0 Å². The van der Waals surface area contributed by atoms with E-state index < -0.39 is 23.4 Å². The minimum Gasteiger partial charge on any atom is -0.480 e. The van der Waals surface area contributed by atoms with Crippen LogP contribution in [0.25, 0.3) is 22.0 Å². The zero-order chi connectivity index (χ0) is 24.9. The third-order valence-electron chi connectivity index (χ3n) is 6.80. The topological polar surface area (TPSA) is 64.2 Å². The Morgan fingerprint density at radius 1 is 1.00 bits per heavy atom. The van der Waals surface area contributed by atoms with Crippen LogP contribution in [0.1, 0.15) is 35.2 Å². The van der Waals surface area contributed by atoms with Gasteiger partial charge in [-0.15, -0.1) is 0 Å². The lowest BCUT2D eigenvalue weighted by Gasteiger charge is -2.22. The summed E-state index contributed by atoms with van der Waals surface area (Å²) in [5.74, 6) is -2.93. The van der Waals surface area contributed by atoms with E-state index in [-0.39, 0.29) is 24.2 Å². The average molecular weight is 480 g/mol. The lowest BCUT2D eigenvalue weighted by atomic mass is 9.86. The number of aliphatic carboxylic acids is 1. The zero-order valence-corrected chi connectivity index (χ0v) is 19.1. The van der Waals surface area contributed by atoms with E-state index in [9.17, 15) is 27.9 Å². The van der Waals surface area contributed by atoms with Crippen LogP contribution in [0.4, 0.5) is 13.2 Å². The number of aromatic nitrogens is 2. The third-order valence-corrected chi connectivity index (χ3v) is 6.80. The molecule has 0 atom stereocenters. The molecule has 1 aliphatic rings. The molecule has 5 nitrogen and oxygen atoms in total. The number of hydrogen-bond donors (Lipinski definition) is 1. The minimum absolute atomic E-state index is 0.0909. The summed E-state index contributed by atoms with van der Waals surface area (Å²) in [6, 6.07) is 7.47. The highest BCUT2D eigenvalue weighted by molar-refractivity contribution is 5.99. The monoisotopic (exact) mass is 480 g/mol. The fraction of sp³-hybridized carbons (Fsp3) is 0.259. The molecule has 2 heterocycles. The SMILES string of the molecule is Cc1c(-c2cn(Cc3ccc(F)cc3F)c(=O)c3c2CCCC3)c2cc(F)ccc2n1CC(=O)O. The molecule has 2 aromatic heterocycles. The van der Waals surface area contributed by atoms with E-state index in [0.29, 0.717) is 46.1 Å². The Kier molecular flexibility index (Phi) is 5.75. The highest BCUT2D eigenvalue weighted by atomic mass is 19.1. The normalized spacial score (nSPS) is 13.3. The predicted molar refractivity (Wildman–Crippen MR) is 126 cm³/mol. The van der Waals surface area contributed by atoms with E-state index in [0.717, 1.165) is 30.5 Å². The van der Waals surface area contributed by atoms with Gasteiger partial charge in [0.15, 0.2) is 0 Å². The van der Waals surface area contributed by atoms with Crippen LogP contribution >= 0.6 is 0 Å². The first-order valence-electron chi connectivity index (χ1n) is 11.4. The van der Waals surface area contributed by atoms with E-state index in [2.05, 4.69) is 0 Å². The summed E-state index contributed by atoms with van der Waals surface area (Å²) in [6.45, 7) is 1.39. The smallest absolute Gasteiger partial charge is 0.323 e. The first-order chi connectivity index (χ1) is 16.7. The van der Waals surface area contributed by atoms with Gasteiger partial charge in [-0.2, -0.15) is 0 Å². The Bertz CT molecular complexity index is 1550. The molecule has 4 aromatic rings. The molecule has 0 amide bonds. The molecule has 0 saturated carbocycles. The highest BCUT2D eigenvalue weighted by Crippen LogP contribution is 2.39. The Labute approximate surface area is 199 Å². The number of pyridine rings is 1. The van der Waals surface area contributed by atoms with E-state index in [1.54, 1.807) is 23.8 Å². The van der Waals surface area contributed by atoms with Crippen LogP contribution in [0.3, 0.4) is 0 Å². The quantitative estimate of drug-likeness (QED) is 0.427. The van der Waals surface area contributed by atoms with Gasteiger partial charge in [-0.3, -0.25) is 9.59 Å². The lowest BCUT2D eigenvalue weighted by Crippen LogP contribution is -2.28. The number of carboxylic acid groups (broad SMARTS) is 1. The van der Waals surface area contributed by atoms with Crippen molar-refractivity contribution in [1.29, 1.82) is 0 Å². The molecule has 5 rings (SSSR count). The Balaban J connectivity index is 1.78. The van der Waals surface area contributed by atoms with Crippen molar-refractivity contribution in [3.8, 4) is 11.1 Å². The molecule has 0 saturated heterocycles. The van der Waals surface area contributed by atoms with E-state index in [1.807, 2.05) is 0 Å². The maximum atomic E-state index is 14.4. The molecule has 180 valence electrons. The summed E-state index contributed by atoms with van der Waals surface area (Å²) in [4.78, 5) is 24.9.